The van der Waals surface area contributed by atoms with Gasteiger partial charge in [0.2, 0.25) is 10.0 Å². The number of rotatable bonds is 6. The highest BCUT2D eigenvalue weighted by molar-refractivity contribution is 7.89. The SMILES string of the molecule is CN(CC#Cc1ccc(C2=CCCC=C2)cc1)CCc1ccc(S(N)(=O)=O)cc1. The van der Waals surface area contributed by atoms with Gasteiger partial charge in [-0.3, -0.25) is 4.90 Å². The van der Waals surface area contributed by atoms with E-state index in [1.807, 2.05) is 7.05 Å². The number of allylic oxidation sites excluding steroid dienone is 4. The summed E-state index contributed by atoms with van der Waals surface area (Å²) in [5, 5.41) is 5.12. The van der Waals surface area contributed by atoms with Gasteiger partial charge in [0, 0.05) is 12.1 Å². The van der Waals surface area contributed by atoms with E-state index in [1.54, 1.807) is 24.3 Å². The number of nitrogens with two attached hydrogens (primary N) is 1. The van der Waals surface area contributed by atoms with Gasteiger partial charge in [-0.2, -0.15) is 0 Å². The second-order valence-electron chi connectivity index (χ2n) is 7.20. The summed E-state index contributed by atoms with van der Waals surface area (Å²) in [6.45, 7) is 1.51. The molecule has 0 radical (unpaired) electrons. The van der Waals surface area contributed by atoms with E-state index in [2.05, 4.69) is 59.2 Å². The standard InChI is InChI=1S/C24H26N2O2S/c1-26(19-17-21-11-15-24(16-12-21)29(25,27)28)18-5-6-20-9-13-23(14-10-20)22-7-3-2-4-8-22/h3,7-16H,2,4,17-19H2,1H3,(H2,25,27,28). The molecule has 2 aromatic carbocycles. The molecule has 1 aliphatic rings. The number of primary sulfonamides is 1. The van der Waals surface area contributed by atoms with Gasteiger partial charge in [0.1, 0.15) is 0 Å². The van der Waals surface area contributed by atoms with Gasteiger partial charge in [-0.1, -0.05) is 54.3 Å². The van der Waals surface area contributed by atoms with E-state index in [-0.39, 0.29) is 4.90 Å². The first-order valence-corrected chi connectivity index (χ1v) is 11.2. The zero-order valence-electron chi connectivity index (χ0n) is 16.6. The third kappa shape index (κ3) is 6.43. The van der Waals surface area contributed by atoms with Crippen LogP contribution < -0.4 is 5.14 Å². The minimum absolute atomic E-state index is 0.141. The van der Waals surface area contributed by atoms with Crippen molar-refractivity contribution >= 4 is 15.6 Å². The van der Waals surface area contributed by atoms with E-state index in [1.165, 1.54) is 11.1 Å². The lowest BCUT2D eigenvalue weighted by molar-refractivity contribution is 0.381. The molecular formula is C24H26N2O2S. The van der Waals surface area contributed by atoms with Crippen LogP contribution in [-0.4, -0.2) is 33.5 Å². The number of likely N-dealkylation sites (N-methyl/N-ethyl adjacent to an activating group) is 1. The summed E-state index contributed by atoms with van der Waals surface area (Å²) in [5.41, 5.74) is 4.60. The summed E-state index contributed by atoms with van der Waals surface area (Å²) < 4.78 is 22.6. The summed E-state index contributed by atoms with van der Waals surface area (Å²) in [4.78, 5) is 2.29. The van der Waals surface area contributed by atoms with Crippen LogP contribution in [0.5, 0.6) is 0 Å². The summed E-state index contributed by atoms with van der Waals surface area (Å²) in [6.07, 6.45) is 9.73. The molecule has 4 nitrogen and oxygen atoms in total. The minimum atomic E-state index is -3.63. The lowest BCUT2D eigenvalue weighted by atomic mass is 9.99. The first kappa shape index (κ1) is 21.1. The minimum Gasteiger partial charge on any atom is -0.295 e. The Morgan fingerprint density at radius 3 is 2.38 bits per heavy atom. The van der Waals surface area contributed by atoms with Crippen LogP contribution in [0, 0.1) is 11.8 Å². The highest BCUT2D eigenvalue weighted by Gasteiger charge is 2.07. The van der Waals surface area contributed by atoms with Crippen molar-refractivity contribution in [2.75, 3.05) is 20.1 Å². The van der Waals surface area contributed by atoms with E-state index in [0.717, 1.165) is 36.9 Å². The maximum atomic E-state index is 11.3. The maximum Gasteiger partial charge on any atom is 0.238 e. The molecule has 0 aromatic heterocycles. The summed E-state index contributed by atoms with van der Waals surface area (Å²) in [6, 6.07) is 15.1. The van der Waals surface area contributed by atoms with Crippen molar-refractivity contribution in [3.63, 3.8) is 0 Å². The Kier molecular flexibility index (Phi) is 7.05. The molecule has 0 unspecified atom stereocenters. The Labute approximate surface area is 173 Å². The first-order valence-electron chi connectivity index (χ1n) is 9.68. The Bertz CT molecular complexity index is 1050. The van der Waals surface area contributed by atoms with Crippen LogP contribution in [-0.2, 0) is 16.4 Å². The number of benzene rings is 2. The van der Waals surface area contributed by atoms with Gasteiger partial charge in [0.05, 0.1) is 11.4 Å². The van der Waals surface area contributed by atoms with Gasteiger partial charge >= 0.3 is 0 Å². The van der Waals surface area contributed by atoms with E-state index in [0.29, 0.717) is 6.54 Å². The van der Waals surface area contributed by atoms with Crippen molar-refractivity contribution in [3.8, 4) is 11.8 Å². The monoisotopic (exact) mass is 406 g/mol. The van der Waals surface area contributed by atoms with Crippen molar-refractivity contribution in [3.05, 3.63) is 83.4 Å². The summed E-state index contributed by atoms with van der Waals surface area (Å²) in [7, 11) is -1.61. The molecule has 3 rings (SSSR count). The highest BCUT2D eigenvalue weighted by atomic mass is 32.2. The van der Waals surface area contributed by atoms with Gasteiger partial charge in [-0.15, -0.1) is 0 Å². The molecule has 0 spiro atoms. The second-order valence-corrected chi connectivity index (χ2v) is 8.76. The molecule has 0 bridgehead atoms. The van der Waals surface area contributed by atoms with Crippen molar-refractivity contribution in [1.82, 2.24) is 4.90 Å². The first-order chi connectivity index (χ1) is 13.9. The number of hydrogen-bond donors (Lipinski definition) is 1. The Hall–Kier alpha value is -2.65. The molecule has 0 saturated heterocycles. The molecular weight excluding hydrogens is 380 g/mol. The molecule has 5 heteroatoms. The van der Waals surface area contributed by atoms with Crippen molar-refractivity contribution in [2.45, 2.75) is 24.2 Å². The normalized spacial score (nSPS) is 13.7. The van der Waals surface area contributed by atoms with Gasteiger partial charge < -0.3 is 0 Å². The average Bonchev–Trinajstić information content (AvgIpc) is 2.73. The van der Waals surface area contributed by atoms with Crippen LogP contribution >= 0.6 is 0 Å². The fourth-order valence-electron chi connectivity index (χ4n) is 3.09. The van der Waals surface area contributed by atoms with Crippen LogP contribution in [0.4, 0.5) is 0 Å². The smallest absolute Gasteiger partial charge is 0.238 e. The summed E-state index contributed by atoms with van der Waals surface area (Å²) >= 11 is 0. The Balaban J connectivity index is 1.48. The molecule has 29 heavy (non-hydrogen) atoms. The Morgan fingerprint density at radius 1 is 1.03 bits per heavy atom. The molecule has 1 aliphatic carbocycles. The Morgan fingerprint density at radius 2 is 1.76 bits per heavy atom. The van der Waals surface area contributed by atoms with Crippen molar-refractivity contribution < 1.29 is 8.42 Å². The number of hydrogen-bond acceptors (Lipinski definition) is 3. The van der Waals surface area contributed by atoms with Crippen LogP contribution in [0.2, 0.25) is 0 Å². The summed E-state index contributed by atoms with van der Waals surface area (Å²) in [5.74, 6) is 6.44. The van der Waals surface area contributed by atoms with Crippen molar-refractivity contribution in [2.24, 2.45) is 5.14 Å². The van der Waals surface area contributed by atoms with Gasteiger partial charge in [-0.25, -0.2) is 13.6 Å². The molecule has 150 valence electrons. The molecule has 0 aliphatic heterocycles. The second kappa shape index (κ2) is 9.71. The highest BCUT2D eigenvalue weighted by Crippen LogP contribution is 2.21. The van der Waals surface area contributed by atoms with Crippen LogP contribution in [0.1, 0.15) is 29.5 Å². The average molecular weight is 407 g/mol. The maximum absolute atomic E-state index is 11.3. The van der Waals surface area contributed by atoms with Crippen LogP contribution in [0.3, 0.4) is 0 Å². The van der Waals surface area contributed by atoms with Crippen molar-refractivity contribution in [1.29, 1.82) is 0 Å². The predicted molar refractivity (Wildman–Crippen MR) is 119 cm³/mol. The molecule has 2 aromatic rings. The number of sulfonamides is 1. The third-order valence-corrected chi connectivity index (χ3v) is 5.76. The fourth-order valence-corrected chi connectivity index (χ4v) is 3.61. The van der Waals surface area contributed by atoms with Gasteiger partial charge in [-0.05, 0) is 67.3 Å². The van der Waals surface area contributed by atoms with E-state index in [4.69, 9.17) is 5.14 Å². The predicted octanol–water partition coefficient (Wildman–Crippen LogP) is 3.59. The number of nitrogens with zero attached hydrogens (tertiary/aromatic N) is 1. The third-order valence-electron chi connectivity index (χ3n) is 4.83. The molecule has 0 heterocycles. The fraction of sp³-hybridized carbons (Fsp3) is 0.250. The molecule has 0 amide bonds. The quantitative estimate of drug-likeness (QED) is 0.746. The van der Waals surface area contributed by atoms with Gasteiger partial charge in [0.25, 0.3) is 0 Å². The van der Waals surface area contributed by atoms with E-state index < -0.39 is 10.0 Å². The van der Waals surface area contributed by atoms with E-state index >= 15 is 0 Å². The molecule has 0 atom stereocenters. The van der Waals surface area contributed by atoms with Crippen LogP contribution in [0.25, 0.3) is 5.57 Å². The molecule has 0 fully saturated rings. The molecule has 2 N–H and O–H groups in total. The van der Waals surface area contributed by atoms with E-state index in [9.17, 15) is 8.42 Å². The molecule has 0 saturated carbocycles. The lowest BCUT2D eigenvalue weighted by Gasteiger charge is -2.13. The lowest BCUT2D eigenvalue weighted by Crippen LogP contribution is -2.21. The largest absolute Gasteiger partial charge is 0.295 e. The van der Waals surface area contributed by atoms with Crippen LogP contribution in [0.15, 0.2) is 71.7 Å². The van der Waals surface area contributed by atoms with Gasteiger partial charge in [0.15, 0.2) is 0 Å². The zero-order chi connectivity index (χ0) is 20.7. The zero-order valence-corrected chi connectivity index (χ0v) is 17.5. The topological polar surface area (TPSA) is 63.4 Å².